The molecule has 0 saturated carbocycles. The monoisotopic (exact) mass is 289 g/mol. The number of ketones is 1. The van der Waals surface area contributed by atoms with Crippen molar-refractivity contribution in [2.45, 2.75) is 0 Å². The Bertz CT molecular complexity index is 780. The molecule has 3 aromatic carbocycles. The van der Waals surface area contributed by atoms with Crippen molar-refractivity contribution < 1.29 is 9.53 Å². The minimum absolute atomic E-state index is 0.00361. The molecular weight excluding hydrogens is 274 g/mol. The lowest BCUT2D eigenvalue weighted by molar-refractivity contribution is 0.103. The van der Waals surface area contributed by atoms with Crippen molar-refractivity contribution in [1.82, 2.24) is 0 Å². The van der Waals surface area contributed by atoms with E-state index in [-0.39, 0.29) is 5.78 Å². The van der Waals surface area contributed by atoms with Gasteiger partial charge in [0, 0.05) is 22.9 Å². The van der Waals surface area contributed by atoms with Gasteiger partial charge in [-0.2, -0.15) is 0 Å². The normalized spacial score (nSPS) is 10.2. The van der Waals surface area contributed by atoms with Gasteiger partial charge in [0.2, 0.25) is 0 Å². The van der Waals surface area contributed by atoms with Crippen molar-refractivity contribution in [3.63, 3.8) is 0 Å². The fourth-order valence-electron chi connectivity index (χ4n) is 2.14. The Labute approximate surface area is 129 Å². The molecule has 0 aromatic heterocycles. The van der Waals surface area contributed by atoms with E-state index in [1.165, 1.54) is 0 Å². The lowest BCUT2D eigenvalue weighted by Crippen LogP contribution is -2.00. The van der Waals surface area contributed by atoms with Crippen LogP contribution in [-0.4, -0.2) is 5.78 Å². The van der Waals surface area contributed by atoms with Gasteiger partial charge in [0.15, 0.2) is 5.78 Å². The van der Waals surface area contributed by atoms with E-state index < -0.39 is 0 Å². The summed E-state index contributed by atoms with van der Waals surface area (Å²) in [4.78, 5) is 12.3. The quantitative estimate of drug-likeness (QED) is 0.575. The van der Waals surface area contributed by atoms with Gasteiger partial charge < -0.3 is 10.5 Å². The zero-order valence-corrected chi connectivity index (χ0v) is 11.9. The Balaban J connectivity index is 1.77. The minimum Gasteiger partial charge on any atom is -0.457 e. The molecule has 0 bridgehead atoms. The number of hydrogen-bond acceptors (Lipinski definition) is 3. The number of carbonyl (C=O) groups excluding carboxylic acids is 1. The summed E-state index contributed by atoms with van der Waals surface area (Å²) in [5.74, 6) is 1.33. The highest BCUT2D eigenvalue weighted by Crippen LogP contribution is 2.23. The van der Waals surface area contributed by atoms with Crippen LogP contribution in [0.4, 0.5) is 5.69 Å². The van der Waals surface area contributed by atoms with Crippen LogP contribution in [0.5, 0.6) is 11.5 Å². The van der Waals surface area contributed by atoms with Gasteiger partial charge in [-0.25, -0.2) is 0 Å². The molecule has 0 radical (unpaired) electrons. The average molecular weight is 289 g/mol. The van der Waals surface area contributed by atoms with Crippen LogP contribution in [0.2, 0.25) is 0 Å². The second-order valence-corrected chi connectivity index (χ2v) is 4.89. The first-order valence-corrected chi connectivity index (χ1v) is 6.95. The molecule has 0 amide bonds. The molecule has 0 fully saturated rings. The second kappa shape index (κ2) is 6.14. The molecule has 3 aromatic rings. The fraction of sp³-hybridized carbons (Fsp3) is 0. The molecular formula is C19H15NO2. The summed E-state index contributed by atoms with van der Waals surface area (Å²) in [5, 5.41) is 0. The Morgan fingerprint density at radius 2 is 1.41 bits per heavy atom. The van der Waals surface area contributed by atoms with Gasteiger partial charge in [0.05, 0.1) is 0 Å². The molecule has 108 valence electrons. The van der Waals surface area contributed by atoms with Crippen molar-refractivity contribution in [3.8, 4) is 11.5 Å². The van der Waals surface area contributed by atoms with Crippen LogP contribution >= 0.6 is 0 Å². The molecule has 0 unspecified atom stereocenters. The molecule has 0 aliphatic rings. The minimum atomic E-state index is -0.00361. The van der Waals surface area contributed by atoms with Gasteiger partial charge in [-0.1, -0.05) is 36.4 Å². The van der Waals surface area contributed by atoms with E-state index in [0.717, 1.165) is 0 Å². The van der Waals surface area contributed by atoms with Gasteiger partial charge in [0.1, 0.15) is 11.5 Å². The third kappa shape index (κ3) is 3.15. The smallest absolute Gasteiger partial charge is 0.193 e. The van der Waals surface area contributed by atoms with Gasteiger partial charge >= 0.3 is 0 Å². The predicted octanol–water partition coefficient (Wildman–Crippen LogP) is 4.29. The molecule has 3 nitrogen and oxygen atoms in total. The largest absolute Gasteiger partial charge is 0.457 e. The van der Waals surface area contributed by atoms with Crippen LogP contribution in [0.3, 0.4) is 0 Å². The summed E-state index contributed by atoms with van der Waals surface area (Å²) in [6, 6.07) is 23.5. The SMILES string of the molecule is Nc1cccc(Oc2ccc(C(=O)c3ccccc3)cc2)c1. The maximum Gasteiger partial charge on any atom is 0.193 e. The van der Waals surface area contributed by atoms with Crippen LogP contribution in [-0.2, 0) is 0 Å². The van der Waals surface area contributed by atoms with Crippen LogP contribution < -0.4 is 10.5 Å². The third-order valence-corrected chi connectivity index (χ3v) is 3.25. The third-order valence-electron chi connectivity index (χ3n) is 3.25. The van der Waals surface area contributed by atoms with Crippen LogP contribution in [0.15, 0.2) is 78.9 Å². The Kier molecular flexibility index (Phi) is 3.88. The van der Waals surface area contributed by atoms with Gasteiger partial charge in [-0.3, -0.25) is 4.79 Å². The lowest BCUT2D eigenvalue weighted by atomic mass is 10.0. The number of ether oxygens (including phenoxy) is 1. The summed E-state index contributed by atoms with van der Waals surface area (Å²) < 4.78 is 5.71. The number of nitrogen functional groups attached to an aromatic ring is 1. The van der Waals surface area contributed by atoms with Crippen molar-refractivity contribution in [1.29, 1.82) is 0 Å². The maximum absolute atomic E-state index is 12.3. The highest BCUT2D eigenvalue weighted by atomic mass is 16.5. The first-order chi connectivity index (χ1) is 10.7. The number of benzene rings is 3. The summed E-state index contributed by atoms with van der Waals surface area (Å²) in [7, 11) is 0. The fourth-order valence-corrected chi connectivity index (χ4v) is 2.14. The van der Waals surface area contributed by atoms with Crippen molar-refractivity contribution in [2.75, 3.05) is 5.73 Å². The van der Waals surface area contributed by atoms with Crippen molar-refractivity contribution in [3.05, 3.63) is 90.0 Å². The zero-order chi connectivity index (χ0) is 15.4. The summed E-state index contributed by atoms with van der Waals surface area (Å²) >= 11 is 0. The van der Waals surface area contributed by atoms with Crippen LogP contribution in [0.25, 0.3) is 0 Å². The molecule has 0 saturated heterocycles. The molecule has 0 aliphatic carbocycles. The molecule has 22 heavy (non-hydrogen) atoms. The lowest BCUT2D eigenvalue weighted by Gasteiger charge is -2.07. The van der Waals surface area contributed by atoms with E-state index in [2.05, 4.69) is 0 Å². The average Bonchev–Trinajstić information content (AvgIpc) is 2.56. The molecule has 3 rings (SSSR count). The number of nitrogens with two attached hydrogens (primary N) is 1. The van der Waals surface area contributed by atoms with Gasteiger partial charge in [-0.05, 0) is 36.4 Å². The molecule has 0 atom stereocenters. The Morgan fingerprint density at radius 1 is 0.727 bits per heavy atom. The number of hydrogen-bond donors (Lipinski definition) is 1. The zero-order valence-electron chi connectivity index (χ0n) is 11.9. The molecule has 2 N–H and O–H groups in total. The second-order valence-electron chi connectivity index (χ2n) is 4.89. The van der Waals surface area contributed by atoms with Gasteiger partial charge in [-0.15, -0.1) is 0 Å². The van der Waals surface area contributed by atoms with Gasteiger partial charge in [0.25, 0.3) is 0 Å². The van der Waals surface area contributed by atoms with E-state index in [1.807, 2.05) is 30.3 Å². The highest BCUT2D eigenvalue weighted by molar-refractivity contribution is 6.08. The molecule has 3 heteroatoms. The number of anilines is 1. The summed E-state index contributed by atoms with van der Waals surface area (Å²) in [6.45, 7) is 0. The summed E-state index contributed by atoms with van der Waals surface area (Å²) in [5.41, 5.74) is 7.67. The standard InChI is InChI=1S/C19H15NO2/c20-16-7-4-8-18(13-16)22-17-11-9-15(10-12-17)19(21)14-5-2-1-3-6-14/h1-13H,20H2. The molecule has 0 heterocycles. The molecule has 0 spiro atoms. The van der Waals surface area contributed by atoms with Crippen LogP contribution in [0, 0.1) is 0 Å². The summed E-state index contributed by atoms with van der Waals surface area (Å²) in [6.07, 6.45) is 0. The van der Waals surface area contributed by atoms with Crippen LogP contribution in [0.1, 0.15) is 15.9 Å². The predicted molar refractivity (Wildman–Crippen MR) is 87.2 cm³/mol. The first-order valence-electron chi connectivity index (χ1n) is 6.95. The van der Waals surface area contributed by atoms with E-state index in [9.17, 15) is 4.79 Å². The number of carbonyl (C=O) groups is 1. The Morgan fingerprint density at radius 3 is 2.09 bits per heavy atom. The van der Waals surface area contributed by atoms with Crippen molar-refractivity contribution >= 4 is 11.5 Å². The maximum atomic E-state index is 12.3. The first kappa shape index (κ1) is 13.9. The van der Waals surface area contributed by atoms with E-state index in [0.29, 0.717) is 28.3 Å². The van der Waals surface area contributed by atoms with Crippen molar-refractivity contribution in [2.24, 2.45) is 0 Å². The topological polar surface area (TPSA) is 52.3 Å². The Hall–Kier alpha value is -3.07. The molecule has 0 aliphatic heterocycles. The van der Waals surface area contributed by atoms with E-state index in [4.69, 9.17) is 10.5 Å². The van der Waals surface area contributed by atoms with E-state index in [1.54, 1.807) is 48.5 Å². The number of rotatable bonds is 4. The van der Waals surface area contributed by atoms with E-state index >= 15 is 0 Å². The highest BCUT2D eigenvalue weighted by Gasteiger charge is 2.08.